The molecule has 0 aliphatic carbocycles. The molecular weight excluding hydrogens is 563 g/mol. The van der Waals surface area contributed by atoms with Gasteiger partial charge in [-0.2, -0.15) is 26.3 Å². The molecule has 10 heteroatoms. The molecule has 226 valence electrons. The van der Waals surface area contributed by atoms with E-state index in [1.54, 1.807) is 18.2 Å². The summed E-state index contributed by atoms with van der Waals surface area (Å²) in [6.45, 7) is 6.08. The number of alkyl halides is 6. The van der Waals surface area contributed by atoms with E-state index in [4.69, 9.17) is 9.47 Å². The standard InChI is InChI=1S/C32H32F7NO2/c1-3-7-28(40-19-21-8-5-4-6-9-21)27-14-15-41-30(29(27)22-10-12-26(33)13-11-22)42-20(2)23-16-24(31(34,35)36)18-25(17-23)32(37,38)39/h3-6,8-13,16-18,20,27-30,40H,1,7,14-15,19H2,2H3. The first-order valence-electron chi connectivity index (χ1n) is 13.6. The van der Waals surface area contributed by atoms with Gasteiger partial charge in [0, 0.05) is 18.5 Å². The summed E-state index contributed by atoms with van der Waals surface area (Å²) >= 11 is 0. The molecule has 0 bridgehead atoms. The molecule has 42 heavy (non-hydrogen) atoms. The van der Waals surface area contributed by atoms with E-state index in [2.05, 4.69) is 11.9 Å². The van der Waals surface area contributed by atoms with Crippen LogP contribution < -0.4 is 5.32 Å². The molecule has 0 radical (unpaired) electrons. The van der Waals surface area contributed by atoms with Crippen molar-refractivity contribution in [1.29, 1.82) is 0 Å². The van der Waals surface area contributed by atoms with E-state index in [1.807, 2.05) is 30.3 Å². The van der Waals surface area contributed by atoms with Crippen LogP contribution in [0.25, 0.3) is 0 Å². The maximum Gasteiger partial charge on any atom is 0.416 e. The molecular formula is C32H32F7NO2. The Labute approximate surface area is 240 Å². The minimum absolute atomic E-state index is 0.0863. The fraction of sp³-hybridized carbons (Fsp3) is 0.375. The predicted molar refractivity (Wildman–Crippen MR) is 145 cm³/mol. The van der Waals surface area contributed by atoms with Crippen LogP contribution in [-0.4, -0.2) is 18.9 Å². The van der Waals surface area contributed by atoms with Crippen molar-refractivity contribution < 1.29 is 40.2 Å². The van der Waals surface area contributed by atoms with E-state index in [1.165, 1.54) is 19.1 Å². The van der Waals surface area contributed by atoms with Gasteiger partial charge in [0.15, 0.2) is 6.29 Å². The molecule has 4 rings (SSSR count). The zero-order valence-corrected chi connectivity index (χ0v) is 22.9. The van der Waals surface area contributed by atoms with Gasteiger partial charge in [-0.05, 0) is 72.7 Å². The van der Waals surface area contributed by atoms with Gasteiger partial charge in [0.05, 0.1) is 23.8 Å². The Morgan fingerprint density at radius 2 is 1.57 bits per heavy atom. The van der Waals surface area contributed by atoms with Crippen molar-refractivity contribution in [1.82, 2.24) is 5.32 Å². The molecule has 0 spiro atoms. The normalized spacial score (nSPS) is 21.1. The Morgan fingerprint density at radius 1 is 0.952 bits per heavy atom. The lowest BCUT2D eigenvalue weighted by molar-refractivity contribution is -0.211. The van der Waals surface area contributed by atoms with E-state index in [-0.39, 0.29) is 30.2 Å². The van der Waals surface area contributed by atoms with Gasteiger partial charge in [0.2, 0.25) is 0 Å². The average Bonchev–Trinajstić information content (AvgIpc) is 2.95. The molecule has 1 N–H and O–H groups in total. The number of nitrogens with one attached hydrogen (secondary N) is 1. The second-order valence-corrected chi connectivity index (χ2v) is 10.4. The highest BCUT2D eigenvalue weighted by Crippen LogP contribution is 2.43. The molecule has 1 aliphatic rings. The topological polar surface area (TPSA) is 30.5 Å². The van der Waals surface area contributed by atoms with Crippen LogP contribution in [0.5, 0.6) is 0 Å². The van der Waals surface area contributed by atoms with E-state index < -0.39 is 47.6 Å². The lowest BCUT2D eigenvalue weighted by Gasteiger charge is -2.43. The van der Waals surface area contributed by atoms with Crippen LogP contribution in [-0.2, 0) is 28.4 Å². The third-order valence-electron chi connectivity index (χ3n) is 7.51. The Hall–Kier alpha value is -3.21. The summed E-state index contributed by atoms with van der Waals surface area (Å²) in [7, 11) is 0. The maximum absolute atomic E-state index is 13.9. The highest BCUT2D eigenvalue weighted by atomic mass is 19.4. The molecule has 1 heterocycles. The third-order valence-corrected chi connectivity index (χ3v) is 7.51. The summed E-state index contributed by atoms with van der Waals surface area (Å²) in [5.74, 6) is -1.11. The van der Waals surface area contributed by atoms with Crippen LogP contribution in [0.2, 0.25) is 0 Å². The molecule has 5 unspecified atom stereocenters. The molecule has 3 aromatic rings. The van der Waals surface area contributed by atoms with Crippen LogP contribution in [0, 0.1) is 11.7 Å². The molecule has 1 aliphatic heterocycles. The fourth-order valence-corrected chi connectivity index (χ4v) is 5.40. The molecule has 5 atom stereocenters. The number of hydrogen-bond donors (Lipinski definition) is 1. The average molecular weight is 596 g/mol. The molecule has 1 saturated heterocycles. The van der Waals surface area contributed by atoms with Crippen molar-refractivity contribution in [2.24, 2.45) is 5.92 Å². The van der Waals surface area contributed by atoms with Crippen molar-refractivity contribution in [3.8, 4) is 0 Å². The van der Waals surface area contributed by atoms with E-state index in [0.29, 0.717) is 37.1 Å². The van der Waals surface area contributed by atoms with Crippen molar-refractivity contribution in [2.45, 2.75) is 63.0 Å². The van der Waals surface area contributed by atoms with Gasteiger partial charge in [-0.1, -0.05) is 48.5 Å². The number of rotatable bonds is 10. The number of benzene rings is 3. The smallest absolute Gasteiger partial charge is 0.352 e. The molecule has 0 saturated carbocycles. The molecule has 0 amide bonds. The van der Waals surface area contributed by atoms with Crippen molar-refractivity contribution in [2.75, 3.05) is 6.61 Å². The van der Waals surface area contributed by atoms with Gasteiger partial charge in [-0.3, -0.25) is 0 Å². The molecule has 3 aromatic carbocycles. The summed E-state index contributed by atoms with van der Waals surface area (Å²) in [5.41, 5.74) is -1.39. The SMILES string of the molecule is C=CCC(NCc1ccccc1)C1CCOC(OC(C)c2cc(C(F)(F)F)cc(C(F)(F)F)c2)C1c1ccc(F)cc1. The summed E-state index contributed by atoms with van der Waals surface area (Å²) in [4.78, 5) is 0. The minimum Gasteiger partial charge on any atom is -0.352 e. The Morgan fingerprint density at radius 3 is 2.14 bits per heavy atom. The zero-order chi connectivity index (χ0) is 30.5. The van der Waals surface area contributed by atoms with E-state index in [9.17, 15) is 30.7 Å². The van der Waals surface area contributed by atoms with Crippen LogP contribution >= 0.6 is 0 Å². The second-order valence-electron chi connectivity index (χ2n) is 10.4. The van der Waals surface area contributed by atoms with Crippen molar-refractivity contribution in [3.63, 3.8) is 0 Å². The molecule has 1 fully saturated rings. The van der Waals surface area contributed by atoms with Crippen LogP contribution in [0.3, 0.4) is 0 Å². The fourth-order valence-electron chi connectivity index (χ4n) is 5.40. The van der Waals surface area contributed by atoms with Gasteiger partial charge in [0.1, 0.15) is 5.82 Å². The molecule has 3 nitrogen and oxygen atoms in total. The van der Waals surface area contributed by atoms with Crippen LogP contribution in [0.4, 0.5) is 30.7 Å². The first-order valence-corrected chi connectivity index (χ1v) is 13.6. The Balaban J connectivity index is 1.66. The lowest BCUT2D eigenvalue weighted by atomic mass is 9.76. The molecule has 0 aromatic heterocycles. The van der Waals surface area contributed by atoms with E-state index in [0.717, 1.165) is 5.56 Å². The van der Waals surface area contributed by atoms with Gasteiger partial charge >= 0.3 is 12.4 Å². The van der Waals surface area contributed by atoms with Crippen molar-refractivity contribution in [3.05, 3.63) is 119 Å². The zero-order valence-electron chi connectivity index (χ0n) is 22.9. The largest absolute Gasteiger partial charge is 0.416 e. The highest BCUT2D eigenvalue weighted by Gasteiger charge is 2.42. The van der Waals surface area contributed by atoms with Crippen molar-refractivity contribution >= 4 is 0 Å². The predicted octanol–water partition coefficient (Wildman–Crippen LogP) is 8.82. The summed E-state index contributed by atoms with van der Waals surface area (Å²) in [6.07, 6.45) is -9.26. The van der Waals surface area contributed by atoms with Crippen LogP contribution in [0.1, 0.15) is 59.6 Å². The first kappa shape index (κ1) is 31.7. The number of hydrogen-bond acceptors (Lipinski definition) is 3. The summed E-state index contributed by atoms with van der Waals surface area (Å²) in [5, 5.41) is 3.57. The van der Waals surface area contributed by atoms with Gasteiger partial charge in [-0.25, -0.2) is 4.39 Å². The minimum atomic E-state index is -4.98. The first-order chi connectivity index (χ1) is 19.9. The quantitative estimate of drug-likeness (QED) is 0.188. The monoisotopic (exact) mass is 595 g/mol. The second kappa shape index (κ2) is 13.4. The summed E-state index contributed by atoms with van der Waals surface area (Å²) in [6, 6.07) is 16.8. The van der Waals surface area contributed by atoms with Gasteiger partial charge in [-0.15, -0.1) is 6.58 Å². The highest BCUT2D eigenvalue weighted by molar-refractivity contribution is 5.35. The number of halogens is 7. The van der Waals surface area contributed by atoms with Gasteiger partial charge in [0.25, 0.3) is 0 Å². The summed E-state index contributed by atoms with van der Waals surface area (Å²) < 4.78 is 107. The van der Waals surface area contributed by atoms with Gasteiger partial charge < -0.3 is 14.8 Å². The third kappa shape index (κ3) is 7.99. The maximum atomic E-state index is 13.9. The Bertz CT molecular complexity index is 1280. The Kier molecular flexibility index (Phi) is 10.1. The van der Waals surface area contributed by atoms with E-state index >= 15 is 0 Å². The van der Waals surface area contributed by atoms with Crippen LogP contribution in [0.15, 0.2) is 85.5 Å². The lowest BCUT2D eigenvalue weighted by Crippen LogP contribution is -2.46. The number of ether oxygens (including phenoxy) is 2.